The molecule has 0 aliphatic rings. The van der Waals surface area contributed by atoms with Crippen LogP contribution in [-0.4, -0.2) is 4.57 Å². The zero-order chi connectivity index (χ0) is 45.7. The molecule has 2 heterocycles. The second-order valence-corrected chi connectivity index (χ2v) is 17.7. The minimum atomic E-state index is 0.897. The van der Waals surface area contributed by atoms with Crippen LogP contribution in [0.1, 0.15) is 0 Å². The van der Waals surface area contributed by atoms with Gasteiger partial charge < -0.3 is 13.9 Å². The third kappa shape index (κ3) is 7.34. The number of nitrogens with zero attached hydrogens (tertiary/aromatic N) is 2. The van der Waals surface area contributed by atoms with Crippen molar-refractivity contribution >= 4 is 60.8 Å². The molecule has 0 bridgehead atoms. The average Bonchev–Trinajstić information content (AvgIpc) is 3.97. The van der Waals surface area contributed by atoms with E-state index in [4.69, 9.17) is 4.42 Å². The zero-order valence-corrected chi connectivity index (χ0v) is 37.7. The number of aromatic nitrogens is 1. The molecule has 11 aromatic carbocycles. The highest BCUT2D eigenvalue weighted by Gasteiger charge is 2.16. The van der Waals surface area contributed by atoms with Gasteiger partial charge in [0.2, 0.25) is 0 Å². The third-order valence-corrected chi connectivity index (χ3v) is 13.6. The fraction of sp³-hybridized carbons (Fsp3) is 0. The number of para-hydroxylation sites is 3. The standard InChI is InChI=1S/C66H44N2O/c1-2-11-45(12-3-1)46-21-23-47(24-22-46)48-25-34-55(35-26-48)67(57-38-29-51(30-39-57)54-33-42-62-61-17-6-9-20-65(61)69-66(62)44-54)56-36-27-49(28-37-56)52-13-10-14-53(43-52)50-31-40-58(41-32-50)68-63-18-7-4-15-59(63)60-16-5-8-19-64(60)68/h1-44H. The molecule has 3 heteroatoms. The van der Waals surface area contributed by atoms with E-state index in [1.807, 2.05) is 12.1 Å². The van der Waals surface area contributed by atoms with Gasteiger partial charge in [0.05, 0.1) is 11.0 Å². The van der Waals surface area contributed by atoms with Gasteiger partial charge in [0.1, 0.15) is 11.2 Å². The molecule has 0 N–H and O–H groups in total. The highest BCUT2D eigenvalue weighted by Crippen LogP contribution is 2.40. The second kappa shape index (κ2) is 16.9. The largest absolute Gasteiger partial charge is 0.456 e. The molecule has 69 heavy (non-hydrogen) atoms. The molecule has 0 aliphatic heterocycles. The quantitative estimate of drug-likeness (QED) is 0.144. The lowest BCUT2D eigenvalue weighted by atomic mass is 9.98. The fourth-order valence-electron chi connectivity index (χ4n) is 10.1. The molecule has 3 nitrogen and oxygen atoms in total. The van der Waals surface area contributed by atoms with Gasteiger partial charge in [-0.15, -0.1) is 0 Å². The summed E-state index contributed by atoms with van der Waals surface area (Å²) in [5.41, 5.74) is 20.3. The Labute approximate surface area is 401 Å². The molecule has 0 aliphatic carbocycles. The van der Waals surface area contributed by atoms with Gasteiger partial charge in [0.25, 0.3) is 0 Å². The molecular formula is C66H44N2O. The zero-order valence-electron chi connectivity index (χ0n) is 37.7. The fourth-order valence-corrected chi connectivity index (χ4v) is 10.1. The van der Waals surface area contributed by atoms with E-state index in [1.54, 1.807) is 0 Å². The van der Waals surface area contributed by atoms with Crippen LogP contribution in [0.15, 0.2) is 271 Å². The summed E-state index contributed by atoms with van der Waals surface area (Å²) in [5, 5.41) is 4.81. The van der Waals surface area contributed by atoms with Crippen LogP contribution in [-0.2, 0) is 0 Å². The van der Waals surface area contributed by atoms with E-state index in [1.165, 1.54) is 60.8 Å². The van der Waals surface area contributed by atoms with E-state index < -0.39 is 0 Å². The van der Waals surface area contributed by atoms with E-state index in [2.05, 4.69) is 264 Å². The van der Waals surface area contributed by atoms with Gasteiger partial charge in [-0.1, -0.05) is 182 Å². The summed E-state index contributed by atoms with van der Waals surface area (Å²) < 4.78 is 8.63. The number of benzene rings is 11. The summed E-state index contributed by atoms with van der Waals surface area (Å²) >= 11 is 0. The van der Waals surface area contributed by atoms with E-state index in [0.29, 0.717) is 0 Å². The smallest absolute Gasteiger partial charge is 0.136 e. The van der Waals surface area contributed by atoms with Gasteiger partial charge in [-0.3, -0.25) is 0 Å². The van der Waals surface area contributed by atoms with Crippen LogP contribution in [0, 0.1) is 0 Å². The van der Waals surface area contributed by atoms with Gasteiger partial charge in [-0.05, 0) is 141 Å². The molecule has 0 radical (unpaired) electrons. The predicted octanol–water partition coefficient (Wildman–Crippen LogP) is 18.5. The van der Waals surface area contributed by atoms with Crippen molar-refractivity contribution in [1.29, 1.82) is 0 Å². The molecule has 0 unspecified atom stereocenters. The van der Waals surface area contributed by atoms with Gasteiger partial charge in [0, 0.05) is 44.3 Å². The highest BCUT2D eigenvalue weighted by atomic mass is 16.3. The van der Waals surface area contributed by atoms with Gasteiger partial charge in [-0.2, -0.15) is 0 Å². The van der Waals surface area contributed by atoms with Crippen molar-refractivity contribution < 1.29 is 4.42 Å². The lowest BCUT2D eigenvalue weighted by Gasteiger charge is -2.26. The molecule has 13 rings (SSSR count). The first-order valence-corrected chi connectivity index (χ1v) is 23.6. The Kier molecular flexibility index (Phi) is 9.84. The molecule has 0 fully saturated rings. The number of furan rings is 1. The van der Waals surface area contributed by atoms with Crippen molar-refractivity contribution in [3.63, 3.8) is 0 Å². The highest BCUT2D eigenvalue weighted by molar-refractivity contribution is 6.09. The Hall–Kier alpha value is -9.18. The molecule has 324 valence electrons. The lowest BCUT2D eigenvalue weighted by Crippen LogP contribution is -2.09. The molecule has 0 atom stereocenters. The maximum atomic E-state index is 6.26. The number of anilines is 3. The van der Waals surface area contributed by atoms with Crippen LogP contribution in [0.5, 0.6) is 0 Å². The first-order valence-electron chi connectivity index (χ1n) is 23.6. The average molecular weight is 881 g/mol. The van der Waals surface area contributed by atoms with Crippen LogP contribution >= 0.6 is 0 Å². The molecule has 0 spiro atoms. The Morgan fingerprint density at radius 2 is 0.609 bits per heavy atom. The van der Waals surface area contributed by atoms with E-state index in [9.17, 15) is 0 Å². The Morgan fingerprint density at radius 1 is 0.246 bits per heavy atom. The summed E-state index contributed by atoms with van der Waals surface area (Å²) in [6, 6.07) is 96.0. The van der Waals surface area contributed by atoms with Crippen molar-refractivity contribution in [3.05, 3.63) is 267 Å². The molecule has 0 saturated carbocycles. The number of fused-ring (bicyclic) bond motifs is 6. The maximum absolute atomic E-state index is 6.26. The van der Waals surface area contributed by atoms with Crippen LogP contribution in [0.25, 0.3) is 105 Å². The van der Waals surface area contributed by atoms with Crippen molar-refractivity contribution in [1.82, 2.24) is 4.57 Å². The molecule has 2 aromatic heterocycles. The Morgan fingerprint density at radius 3 is 1.14 bits per heavy atom. The third-order valence-electron chi connectivity index (χ3n) is 13.6. The summed E-state index contributed by atoms with van der Waals surface area (Å²) in [6.07, 6.45) is 0. The van der Waals surface area contributed by atoms with Crippen LogP contribution in [0.4, 0.5) is 17.1 Å². The molecule has 0 saturated heterocycles. The second-order valence-electron chi connectivity index (χ2n) is 17.7. The minimum Gasteiger partial charge on any atom is -0.456 e. The van der Waals surface area contributed by atoms with Crippen molar-refractivity contribution in [3.8, 4) is 61.3 Å². The number of hydrogen-bond donors (Lipinski definition) is 0. The van der Waals surface area contributed by atoms with Crippen molar-refractivity contribution in [2.24, 2.45) is 0 Å². The molecular weight excluding hydrogens is 837 g/mol. The number of hydrogen-bond acceptors (Lipinski definition) is 2. The Bertz CT molecular complexity index is 3910. The van der Waals surface area contributed by atoms with Crippen LogP contribution in [0.3, 0.4) is 0 Å². The number of rotatable bonds is 9. The maximum Gasteiger partial charge on any atom is 0.136 e. The summed E-state index contributed by atoms with van der Waals surface area (Å²) in [7, 11) is 0. The van der Waals surface area contributed by atoms with E-state index in [-0.39, 0.29) is 0 Å². The van der Waals surface area contributed by atoms with Crippen LogP contribution < -0.4 is 4.90 Å². The minimum absolute atomic E-state index is 0.897. The summed E-state index contributed by atoms with van der Waals surface area (Å²) in [4.78, 5) is 2.34. The molecule has 0 amide bonds. The summed E-state index contributed by atoms with van der Waals surface area (Å²) in [5.74, 6) is 0. The van der Waals surface area contributed by atoms with Gasteiger partial charge in [-0.25, -0.2) is 0 Å². The first kappa shape index (κ1) is 40.1. The van der Waals surface area contributed by atoms with Gasteiger partial charge >= 0.3 is 0 Å². The van der Waals surface area contributed by atoms with Crippen molar-refractivity contribution in [2.75, 3.05) is 4.90 Å². The monoisotopic (exact) mass is 880 g/mol. The van der Waals surface area contributed by atoms with E-state index >= 15 is 0 Å². The van der Waals surface area contributed by atoms with E-state index in [0.717, 1.165) is 61.4 Å². The van der Waals surface area contributed by atoms with Crippen LogP contribution in [0.2, 0.25) is 0 Å². The predicted molar refractivity (Wildman–Crippen MR) is 290 cm³/mol. The first-order chi connectivity index (χ1) is 34.2. The summed E-state index contributed by atoms with van der Waals surface area (Å²) in [6.45, 7) is 0. The van der Waals surface area contributed by atoms with Gasteiger partial charge in [0.15, 0.2) is 0 Å². The topological polar surface area (TPSA) is 21.3 Å². The molecule has 13 aromatic rings. The SMILES string of the molecule is c1ccc(-c2ccc(-c3ccc(N(c4ccc(-c5cccc(-c6ccc(-n7c8ccccc8c8ccccc87)cc6)c5)cc4)c4ccc(-c5ccc6c(c5)oc5ccccc56)cc4)cc3)cc2)cc1. The normalized spacial score (nSPS) is 11.5. The van der Waals surface area contributed by atoms with Crippen molar-refractivity contribution in [2.45, 2.75) is 0 Å². The lowest BCUT2D eigenvalue weighted by molar-refractivity contribution is 0.669. The Balaban J connectivity index is 0.813.